The van der Waals surface area contributed by atoms with Crippen molar-refractivity contribution in [1.29, 1.82) is 0 Å². The van der Waals surface area contributed by atoms with E-state index in [9.17, 15) is 14.0 Å². The fourth-order valence-electron chi connectivity index (χ4n) is 2.41. The predicted octanol–water partition coefficient (Wildman–Crippen LogP) is 2.66. The Bertz CT molecular complexity index is 594. The van der Waals surface area contributed by atoms with Crippen LogP contribution in [0.4, 0.5) is 9.18 Å². The lowest BCUT2D eigenvalue weighted by atomic mass is 9.94. The molecule has 0 unspecified atom stereocenters. The zero-order valence-corrected chi connectivity index (χ0v) is 13.2. The molecule has 0 N–H and O–H groups in total. The molecule has 5 nitrogen and oxygen atoms in total. The van der Waals surface area contributed by atoms with Crippen LogP contribution in [0.2, 0.25) is 0 Å². The number of fused-ring (bicyclic) bond motifs is 1. The van der Waals surface area contributed by atoms with Gasteiger partial charge in [-0.3, -0.25) is 4.90 Å². The lowest BCUT2D eigenvalue weighted by molar-refractivity contribution is -0.147. The molecule has 120 valence electrons. The Morgan fingerprint density at radius 1 is 1.27 bits per heavy atom. The van der Waals surface area contributed by atoms with Gasteiger partial charge in [-0.25, -0.2) is 14.0 Å². The zero-order chi connectivity index (χ0) is 16.5. The Morgan fingerprint density at radius 3 is 2.55 bits per heavy atom. The van der Waals surface area contributed by atoms with Crippen molar-refractivity contribution in [1.82, 2.24) is 4.90 Å². The van der Waals surface area contributed by atoms with E-state index >= 15 is 0 Å². The van der Waals surface area contributed by atoms with Crippen molar-refractivity contribution in [3.05, 3.63) is 35.1 Å². The molecule has 2 rings (SSSR count). The van der Waals surface area contributed by atoms with Crippen LogP contribution in [0.1, 0.15) is 31.9 Å². The van der Waals surface area contributed by atoms with E-state index in [-0.39, 0.29) is 18.8 Å². The van der Waals surface area contributed by atoms with Crippen LogP contribution in [-0.4, -0.2) is 35.7 Å². The summed E-state index contributed by atoms with van der Waals surface area (Å²) < 4.78 is 23.5. The van der Waals surface area contributed by atoms with E-state index in [1.807, 2.05) is 0 Å². The highest BCUT2D eigenvalue weighted by Gasteiger charge is 2.37. The number of ether oxygens (including phenoxy) is 2. The molecule has 6 heteroatoms. The number of esters is 1. The number of carbonyl (C=O) groups excluding carboxylic acids is 2. The van der Waals surface area contributed by atoms with Crippen molar-refractivity contribution in [2.24, 2.45) is 0 Å². The summed E-state index contributed by atoms with van der Waals surface area (Å²) in [6.45, 7) is 5.35. The molecule has 22 heavy (non-hydrogen) atoms. The number of methoxy groups -OCH3 is 1. The van der Waals surface area contributed by atoms with Crippen molar-refractivity contribution in [3.8, 4) is 0 Å². The van der Waals surface area contributed by atoms with Crippen LogP contribution in [0, 0.1) is 5.82 Å². The minimum absolute atomic E-state index is 0.113. The zero-order valence-electron chi connectivity index (χ0n) is 13.2. The third kappa shape index (κ3) is 3.55. The topological polar surface area (TPSA) is 55.8 Å². The van der Waals surface area contributed by atoms with Gasteiger partial charge in [0.25, 0.3) is 0 Å². The first-order chi connectivity index (χ1) is 10.2. The van der Waals surface area contributed by atoms with Gasteiger partial charge in [0.1, 0.15) is 17.5 Å². The van der Waals surface area contributed by atoms with Gasteiger partial charge in [-0.15, -0.1) is 0 Å². The number of halogens is 1. The number of amides is 1. The molecule has 0 bridgehead atoms. The summed E-state index contributed by atoms with van der Waals surface area (Å²) in [6, 6.07) is 3.58. The van der Waals surface area contributed by atoms with Gasteiger partial charge in [-0.1, -0.05) is 6.07 Å². The fraction of sp³-hybridized carbons (Fsp3) is 0.500. The van der Waals surface area contributed by atoms with Crippen LogP contribution in [0.5, 0.6) is 0 Å². The number of hydrogen-bond acceptors (Lipinski definition) is 4. The maximum atomic E-state index is 13.4. The number of carbonyl (C=O) groups is 2. The van der Waals surface area contributed by atoms with Crippen LogP contribution < -0.4 is 0 Å². The summed E-state index contributed by atoms with van der Waals surface area (Å²) >= 11 is 0. The van der Waals surface area contributed by atoms with Crippen LogP contribution in [0.25, 0.3) is 0 Å². The SMILES string of the molecule is COC(=O)[C@@H]1Cc2ccc(F)cc2CN1C(=O)OC(C)(C)C. The summed E-state index contributed by atoms with van der Waals surface area (Å²) in [5, 5.41) is 0. The van der Waals surface area contributed by atoms with Crippen LogP contribution >= 0.6 is 0 Å². The molecular formula is C16H20FNO4. The smallest absolute Gasteiger partial charge is 0.411 e. The molecule has 0 fully saturated rings. The summed E-state index contributed by atoms with van der Waals surface area (Å²) in [4.78, 5) is 25.6. The number of benzene rings is 1. The normalized spacial score (nSPS) is 17.7. The Kier molecular flexibility index (Phi) is 4.39. The van der Waals surface area contributed by atoms with Gasteiger partial charge in [-0.05, 0) is 44.0 Å². The van der Waals surface area contributed by atoms with E-state index in [0.717, 1.165) is 5.56 Å². The average Bonchev–Trinajstić information content (AvgIpc) is 2.43. The third-order valence-corrected chi connectivity index (χ3v) is 3.40. The summed E-state index contributed by atoms with van der Waals surface area (Å²) in [6.07, 6.45) is -0.334. The van der Waals surface area contributed by atoms with Crippen molar-refractivity contribution >= 4 is 12.1 Å². The van der Waals surface area contributed by atoms with Crippen molar-refractivity contribution in [3.63, 3.8) is 0 Å². The van der Waals surface area contributed by atoms with Crippen molar-refractivity contribution < 1.29 is 23.5 Å². The molecule has 1 aromatic carbocycles. The van der Waals surface area contributed by atoms with E-state index in [1.54, 1.807) is 26.8 Å². The lowest BCUT2D eigenvalue weighted by Gasteiger charge is -2.36. The second-order valence-corrected chi connectivity index (χ2v) is 6.26. The van der Waals surface area contributed by atoms with Gasteiger partial charge in [0.15, 0.2) is 0 Å². The first-order valence-corrected chi connectivity index (χ1v) is 7.06. The molecular weight excluding hydrogens is 289 g/mol. The van der Waals surface area contributed by atoms with Crippen molar-refractivity contribution in [2.45, 2.75) is 45.4 Å². The van der Waals surface area contributed by atoms with Gasteiger partial charge < -0.3 is 9.47 Å². The predicted molar refractivity (Wildman–Crippen MR) is 77.7 cm³/mol. The molecule has 0 radical (unpaired) electrons. The molecule has 1 atom stereocenters. The molecule has 1 heterocycles. The van der Waals surface area contributed by atoms with Gasteiger partial charge in [0, 0.05) is 6.42 Å². The number of rotatable bonds is 1. The van der Waals surface area contributed by atoms with E-state index in [4.69, 9.17) is 9.47 Å². The molecule has 1 aliphatic rings. The Hall–Kier alpha value is -2.11. The maximum absolute atomic E-state index is 13.4. The third-order valence-electron chi connectivity index (χ3n) is 3.40. The summed E-state index contributed by atoms with van der Waals surface area (Å²) in [5.74, 6) is -0.889. The van der Waals surface area contributed by atoms with Gasteiger partial charge in [0.2, 0.25) is 0 Å². The highest BCUT2D eigenvalue weighted by Crippen LogP contribution is 2.26. The lowest BCUT2D eigenvalue weighted by Crippen LogP contribution is -2.50. The highest BCUT2D eigenvalue weighted by atomic mass is 19.1. The first-order valence-electron chi connectivity index (χ1n) is 7.06. The molecule has 0 aromatic heterocycles. The van der Waals surface area contributed by atoms with E-state index < -0.39 is 23.7 Å². The van der Waals surface area contributed by atoms with Crippen LogP contribution in [0.3, 0.4) is 0 Å². The van der Waals surface area contributed by atoms with E-state index in [2.05, 4.69) is 0 Å². The molecule has 1 amide bonds. The number of hydrogen-bond donors (Lipinski definition) is 0. The fourth-order valence-corrected chi connectivity index (χ4v) is 2.41. The molecule has 1 aromatic rings. The molecule has 0 saturated heterocycles. The maximum Gasteiger partial charge on any atom is 0.411 e. The molecule has 0 saturated carbocycles. The van der Waals surface area contributed by atoms with E-state index in [0.29, 0.717) is 5.56 Å². The largest absolute Gasteiger partial charge is 0.467 e. The monoisotopic (exact) mass is 309 g/mol. The standard InChI is InChI=1S/C16H20FNO4/c1-16(2,3)22-15(20)18-9-11-7-12(17)6-5-10(11)8-13(18)14(19)21-4/h5-7,13H,8-9H2,1-4H3/t13-/m0/s1. The highest BCUT2D eigenvalue weighted by molar-refractivity contribution is 5.82. The van der Waals surface area contributed by atoms with Crippen LogP contribution in [0.15, 0.2) is 18.2 Å². The second-order valence-electron chi connectivity index (χ2n) is 6.26. The van der Waals surface area contributed by atoms with Crippen molar-refractivity contribution in [2.75, 3.05) is 7.11 Å². The van der Waals surface area contributed by atoms with Crippen LogP contribution in [-0.2, 0) is 27.2 Å². The Labute approximate surface area is 129 Å². The minimum Gasteiger partial charge on any atom is -0.467 e. The quantitative estimate of drug-likeness (QED) is 0.748. The van der Waals surface area contributed by atoms with Gasteiger partial charge in [0.05, 0.1) is 13.7 Å². The van der Waals surface area contributed by atoms with E-state index in [1.165, 1.54) is 24.1 Å². The van der Waals surface area contributed by atoms with Gasteiger partial charge in [-0.2, -0.15) is 0 Å². The Morgan fingerprint density at radius 2 is 1.95 bits per heavy atom. The second kappa shape index (κ2) is 5.94. The molecule has 0 spiro atoms. The summed E-state index contributed by atoms with van der Waals surface area (Å²) in [5.41, 5.74) is 0.822. The molecule has 1 aliphatic heterocycles. The number of nitrogens with zero attached hydrogens (tertiary/aromatic N) is 1. The first kappa shape index (κ1) is 16.3. The van der Waals surface area contributed by atoms with Gasteiger partial charge >= 0.3 is 12.1 Å². The molecule has 0 aliphatic carbocycles. The average molecular weight is 309 g/mol. The summed E-state index contributed by atoms with van der Waals surface area (Å²) in [7, 11) is 1.27. The Balaban J connectivity index is 2.32. The minimum atomic E-state index is -0.766.